The minimum atomic E-state index is -4.61. The van der Waals surface area contributed by atoms with Crippen molar-refractivity contribution in [2.45, 2.75) is 24.7 Å². The van der Waals surface area contributed by atoms with Gasteiger partial charge in [0.2, 0.25) is 0 Å². The number of nitrogens with zero attached hydrogens (tertiary/aromatic N) is 3. The molecule has 1 atom stereocenters. The van der Waals surface area contributed by atoms with Gasteiger partial charge in [-0.3, -0.25) is 14.5 Å². The molecule has 0 spiro atoms. The van der Waals surface area contributed by atoms with E-state index in [4.69, 9.17) is 14.2 Å². The maximum absolute atomic E-state index is 13.2. The Morgan fingerprint density at radius 1 is 1.29 bits per heavy atom. The number of nitrogens with one attached hydrogen (secondary N) is 1. The van der Waals surface area contributed by atoms with Crippen molar-refractivity contribution in [3.8, 4) is 5.75 Å². The average molecular weight is 478 g/mol. The number of pyridine rings is 1. The molecule has 0 bridgehead atoms. The topological polar surface area (TPSA) is 105 Å². The summed E-state index contributed by atoms with van der Waals surface area (Å²) in [4.78, 5) is 28.9. The summed E-state index contributed by atoms with van der Waals surface area (Å²) in [6.07, 6.45) is -3.30. The van der Waals surface area contributed by atoms with Crippen molar-refractivity contribution in [1.29, 1.82) is 0 Å². The summed E-state index contributed by atoms with van der Waals surface area (Å²) in [6, 6.07) is 7.32. The van der Waals surface area contributed by atoms with Gasteiger partial charge in [-0.2, -0.15) is 18.3 Å². The molecule has 0 aliphatic carbocycles. The van der Waals surface area contributed by atoms with Gasteiger partial charge in [0.1, 0.15) is 18.1 Å². The van der Waals surface area contributed by atoms with Crippen LogP contribution in [0.4, 0.5) is 13.2 Å². The predicted octanol–water partition coefficient (Wildman–Crippen LogP) is 2.63. The number of benzene rings is 1. The molecule has 0 radical (unpaired) electrons. The lowest BCUT2D eigenvalue weighted by atomic mass is 9.98. The highest BCUT2D eigenvalue weighted by Gasteiger charge is 2.45. The number of alkyl halides is 3. The Balaban J connectivity index is 1.61. The SMILES string of the molecule is COC(=O)C1(NC(=O)c2c3cc(OCc4cccnc4C(F)(F)F)ccc3nn2C)CCOC1. The lowest BCUT2D eigenvalue weighted by Gasteiger charge is -2.25. The summed E-state index contributed by atoms with van der Waals surface area (Å²) in [7, 11) is 2.79. The van der Waals surface area contributed by atoms with E-state index in [9.17, 15) is 22.8 Å². The molecule has 1 N–H and O–H groups in total. The zero-order valence-electron chi connectivity index (χ0n) is 18.3. The van der Waals surface area contributed by atoms with E-state index in [0.29, 0.717) is 10.9 Å². The van der Waals surface area contributed by atoms with Gasteiger partial charge in [-0.15, -0.1) is 0 Å². The zero-order valence-corrected chi connectivity index (χ0v) is 18.3. The monoisotopic (exact) mass is 478 g/mol. The number of fused-ring (bicyclic) bond motifs is 1. The number of methoxy groups -OCH3 is 1. The molecule has 2 aromatic heterocycles. The molecule has 34 heavy (non-hydrogen) atoms. The Hall–Kier alpha value is -3.67. The van der Waals surface area contributed by atoms with Crippen molar-refractivity contribution in [2.75, 3.05) is 20.3 Å². The quantitative estimate of drug-likeness (QED) is 0.543. The number of hydrogen-bond acceptors (Lipinski definition) is 7. The van der Waals surface area contributed by atoms with Crippen LogP contribution in [0.15, 0.2) is 36.5 Å². The van der Waals surface area contributed by atoms with Crippen molar-refractivity contribution in [2.24, 2.45) is 7.05 Å². The van der Waals surface area contributed by atoms with Crippen molar-refractivity contribution >= 4 is 22.8 Å². The van der Waals surface area contributed by atoms with Crippen molar-refractivity contribution < 1.29 is 37.0 Å². The average Bonchev–Trinajstić information content (AvgIpc) is 3.40. The summed E-state index contributed by atoms with van der Waals surface area (Å²) in [5.74, 6) is -0.964. The smallest absolute Gasteiger partial charge is 0.433 e. The first-order valence-electron chi connectivity index (χ1n) is 10.2. The lowest BCUT2D eigenvalue weighted by molar-refractivity contribution is -0.148. The largest absolute Gasteiger partial charge is 0.489 e. The van der Waals surface area contributed by atoms with Crippen LogP contribution in [-0.4, -0.2) is 52.5 Å². The molecular formula is C22H21F3N4O5. The van der Waals surface area contributed by atoms with E-state index < -0.39 is 29.3 Å². The van der Waals surface area contributed by atoms with E-state index in [-0.39, 0.29) is 43.2 Å². The van der Waals surface area contributed by atoms with Gasteiger partial charge in [0.15, 0.2) is 11.2 Å². The molecule has 9 nitrogen and oxygen atoms in total. The molecule has 12 heteroatoms. The van der Waals surface area contributed by atoms with Gasteiger partial charge in [-0.25, -0.2) is 4.79 Å². The van der Waals surface area contributed by atoms with Crippen LogP contribution in [0.25, 0.3) is 10.9 Å². The Bertz CT molecular complexity index is 1230. The van der Waals surface area contributed by atoms with Gasteiger partial charge in [0.25, 0.3) is 5.91 Å². The lowest BCUT2D eigenvalue weighted by Crippen LogP contribution is -2.56. The van der Waals surface area contributed by atoms with Crippen molar-refractivity contribution in [1.82, 2.24) is 20.1 Å². The Morgan fingerprint density at radius 2 is 2.09 bits per heavy atom. The number of aryl methyl sites for hydroxylation is 1. The number of hydrogen-bond donors (Lipinski definition) is 1. The van der Waals surface area contributed by atoms with Crippen molar-refractivity contribution in [3.05, 3.63) is 53.5 Å². The molecule has 1 aliphatic rings. The molecule has 3 heterocycles. The first-order valence-corrected chi connectivity index (χ1v) is 10.2. The standard InChI is InChI=1S/C22H21F3N4O5/c1-29-17(19(30)27-21(20(31)32-2)7-9-33-12-21)15-10-14(5-6-16(15)28-29)34-11-13-4-3-8-26-18(13)22(23,24)25/h3-6,8,10H,7,9,11-12H2,1-2H3,(H,27,30). The molecule has 4 rings (SSSR count). The molecule has 1 amide bonds. The summed E-state index contributed by atoms with van der Waals surface area (Å²) >= 11 is 0. The van der Waals surface area contributed by atoms with Crippen LogP contribution in [0.5, 0.6) is 5.75 Å². The summed E-state index contributed by atoms with van der Waals surface area (Å²) in [5, 5.41) is 7.40. The summed E-state index contributed by atoms with van der Waals surface area (Å²) in [6.45, 7) is -0.116. The minimum Gasteiger partial charge on any atom is -0.489 e. The Morgan fingerprint density at radius 3 is 2.76 bits per heavy atom. The number of aromatic nitrogens is 3. The fourth-order valence-electron chi connectivity index (χ4n) is 3.86. The molecular weight excluding hydrogens is 457 g/mol. The van der Waals surface area contributed by atoms with Crippen LogP contribution in [-0.2, 0) is 34.1 Å². The number of halogens is 3. The number of carbonyl (C=O) groups is 2. The van der Waals surface area contributed by atoms with Crippen LogP contribution in [0, 0.1) is 0 Å². The van der Waals surface area contributed by atoms with E-state index in [1.165, 1.54) is 30.0 Å². The van der Waals surface area contributed by atoms with Crippen molar-refractivity contribution in [3.63, 3.8) is 0 Å². The third-order valence-electron chi connectivity index (χ3n) is 5.52. The molecule has 1 fully saturated rings. The number of ether oxygens (including phenoxy) is 3. The van der Waals surface area contributed by atoms with E-state index in [1.54, 1.807) is 19.2 Å². The normalized spacial score (nSPS) is 18.1. The molecule has 1 unspecified atom stereocenters. The number of carbonyl (C=O) groups excluding carboxylic acids is 2. The molecule has 1 aliphatic heterocycles. The highest BCUT2D eigenvalue weighted by Crippen LogP contribution is 2.31. The Labute approximate surface area is 191 Å². The van der Waals surface area contributed by atoms with Gasteiger partial charge in [0, 0.05) is 37.2 Å². The first-order chi connectivity index (χ1) is 16.1. The third-order valence-corrected chi connectivity index (χ3v) is 5.52. The number of amides is 1. The highest BCUT2D eigenvalue weighted by molar-refractivity contribution is 6.07. The van der Waals surface area contributed by atoms with Gasteiger partial charge >= 0.3 is 12.1 Å². The molecule has 1 saturated heterocycles. The number of esters is 1. The zero-order chi connectivity index (χ0) is 24.5. The first kappa shape index (κ1) is 23.5. The van der Waals surface area contributed by atoms with E-state index in [2.05, 4.69) is 15.4 Å². The summed E-state index contributed by atoms with van der Waals surface area (Å²) in [5.41, 5.74) is -1.85. The molecule has 0 saturated carbocycles. The second-order valence-electron chi connectivity index (χ2n) is 7.78. The fraction of sp³-hybridized carbons (Fsp3) is 0.364. The molecule has 3 aromatic rings. The van der Waals surface area contributed by atoms with E-state index in [0.717, 1.165) is 6.20 Å². The fourth-order valence-corrected chi connectivity index (χ4v) is 3.86. The Kier molecular flexibility index (Phi) is 6.17. The molecule has 180 valence electrons. The van der Waals surface area contributed by atoms with Gasteiger partial charge in [-0.05, 0) is 24.3 Å². The maximum atomic E-state index is 13.2. The predicted molar refractivity (Wildman–Crippen MR) is 112 cm³/mol. The van der Waals surface area contributed by atoms with E-state index in [1.807, 2.05) is 0 Å². The van der Waals surface area contributed by atoms with Crippen LogP contribution in [0.1, 0.15) is 28.2 Å². The third kappa shape index (κ3) is 4.40. The van der Waals surface area contributed by atoms with Gasteiger partial charge in [-0.1, -0.05) is 6.07 Å². The molecule has 1 aromatic carbocycles. The van der Waals surface area contributed by atoms with Crippen LogP contribution in [0.2, 0.25) is 0 Å². The second kappa shape index (κ2) is 8.93. The van der Waals surface area contributed by atoms with E-state index >= 15 is 0 Å². The number of rotatable bonds is 6. The van der Waals surface area contributed by atoms with Gasteiger partial charge in [0.05, 0.1) is 19.2 Å². The second-order valence-corrected chi connectivity index (χ2v) is 7.78. The van der Waals surface area contributed by atoms with Crippen LogP contribution < -0.4 is 10.1 Å². The minimum absolute atomic E-state index is 0.0256. The van der Waals surface area contributed by atoms with Gasteiger partial charge < -0.3 is 19.5 Å². The highest BCUT2D eigenvalue weighted by atomic mass is 19.4. The van der Waals surface area contributed by atoms with Crippen LogP contribution in [0.3, 0.4) is 0 Å². The summed E-state index contributed by atoms with van der Waals surface area (Å²) < 4.78 is 56.7. The van der Waals surface area contributed by atoms with Crippen LogP contribution >= 0.6 is 0 Å². The maximum Gasteiger partial charge on any atom is 0.433 e.